The van der Waals surface area contributed by atoms with Crippen LogP contribution in [0.1, 0.15) is 0 Å². The number of benzene rings is 1. The normalized spacial score (nSPS) is 10.5. The minimum Gasteiger partial charge on any atom is -0.468 e. The molecule has 0 fully saturated rings. The largest absolute Gasteiger partial charge is 0.468 e. The molecule has 2 nitrogen and oxygen atoms in total. The van der Waals surface area contributed by atoms with Crippen molar-refractivity contribution < 1.29 is 9.15 Å². The molecule has 0 N–H and O–H groups in total. The molecule has 0 saturated heterocycles. The molecular weight excluding hydrogens is 244 g/mol. The van der Waals surface area contributed by atoms with Crippen LogP contribution >= 0.6 is 11.3 Å². The minimum absolute atomic E-state index is 0.558. The first-order chi connectivity index (χ1) is 8.88. The van der Waals surface area contributed by atoms with Crippen LogP contribution < -0.4 is 4.74 Å². The first kappa shape index (κ1) is 11.1. The van der Waals surface area contributed by atoms with Crippen molar-refractivity contribution in [2.45, 2.75) is 0 Å². The number of thiophene rings is 1. The van der Waals surface area contributed by atoms with Crippen LogP contribution in [0.3, 0.4) is 0 Å². The molecule has 0 aliphatic carbocycles. The molecule has 0 aliphatic rings. The van der Waals surface area contributed by atoms with Gasteiger partial charge in [0.15, 0.2) is 0 Å². The summed E-state index contributed by atoms with van der Waals surface area (Å²) in [6, 6.07) is 14.2. The summed E-state index contributed by atoms with van der Waals surface area (Å²) >= 11 is 1.65. The number of rotatable bonds is 3. The van der Waals surface area contributed by atoms with Crippen molar-refractivity contribution >= 4 is 11.3 Å². The molecule has 3 rings (SSSR count). The van der Waals surface area contributed by atoms with Gasteiger partial charge in [-0.25, -0.2) is 0 Å². The smallest absolute Gasteiger partial charge is 0.292 e. The van der Waals surface area contributed by atoms with Crippen LogP contribution in [0.15, 0.2) is 57.6 Å². The van der Waals surface area contributed by atoms with Gasteiger partial charge in [0.05, 0.1) is 12.7 Å². The van der Waals surface area contributed by atoms with Gasteiger partial charge in [-0.2, -0.15) is 11.3 Å². The van der Waals surface area contributed by atoms with Crippen LogP contribution in [-0.4, -0.2) is 7.11 Å². The zero-order valence-electron chi connectivity index (χ0n) is 9.92. The lowest BCUT2D eigenvalue weighted by atomic mass is 10.1. The zero-order chi connectivity index (χ0) is 12.4. The molecule has 3 heteroatoms. The highest BCUT2D eigenvalue weighted by atomic mass is 32.1. The molecule has 1 aromatic carbocycles. The number of methoxy groups -OCH3 is 1. The lowest BCUT2D eigenvalue weighted by molar-refractivity contribution is 0.311. The van der Waals surface area contributed by atoms with E-state index in [9.17, 15) is 0 Å². The fraction of sp³-hybridized carbons (Fsp3) is 0.0667. The van der Waals surface area contributed by atoms with E-state index in [4.69, 9.17) is 9.15 Å². The third-order valence-electron chi connectivity index (χ3n) is 2.77. The first-order valence-corrected chi connectivity index (χ1v) is 6.58. The fourth-order valence-corrected chi connectivity index (χ4v) is 2.54. The quantitative estimate of drug-likeness (QED) is 0.678. The monoisotopic (exact) mass is 256 g/mol. The second kappa shape index (κ2) is 4.70. The molecule has 0 unspecified atom stereocenters. The number of furan rings is 1. The maximum atomic E-state index is 5.75. The lowest BCUT2D eigenvalue weighted by Gasteiger charge is -1.99. The highest BCUT2D eigenvalue weighted by Crippen LogP contribution is 2.37. The summed E-state index contributed by atoms with van der Waals surface area (Å²) < 4.78 is 11.1. The van der Waals surface area contributed by atoms with Crippen molar-refractivity contribution in [2.24, 2.45) is 0 Å². The molecule has 2 heterocycles. The summed E-state index contributed by atoms with van der Waals surface area (Å²) in [5.41, 5.74) is 3.17. The maximum Gasteiger partial charge on any atom is 0.292 e. The Morgan fingerprint density at radius 2 is 1.89 bits per heavy atom. The topological polar surface area (TPSA) is 22.4 Å². The van der Waals surface area contributed by atoms with Gasteiger partial charge < -0.3 is 9.15 Å². The Balaban J connectivity index is 2.10. The maximum absolute atomic E-state index is 5.75. The van der Waals surface area contributed by atoms with Crippen molar-refractivity contribution in [2.75, 3.05) is 7.11 Å². The summed E-state index contributed by atoms with van der Waals surface area (Å²) in [7, 11) is 1.63. The molecule has 2 aromatic heterocycles. The summed E-state index contributed by atoms with van der Waals surface area (Å²) in [5, 5.41) is 4.10. The van der Waals surface area contributed by atoms with E-state index in [1.54, 1.807) is 18.4 Å². The summed E-state index contributed by atoms with van der Waals surface area (Å²) in [6.45, 7) is 0. The van der Waals surface area contributed by atoms with Crippen molar-refractivity contribution in [3.8, 4) is 28.4 Å². The molecule has 0 amide bonds. The van der Waals surface area contributed by atoms with E-state index in [1.807, 2.05) is 47.8 Å². The Bertz CT molecular complexity index is 624. The molecule has 0 bridgehead atoms. The van der Waals surface area contributed by atoms with E-state index in [1.165, 1.54) is 0 Å². The van der Waals surface area contributed by atoms with E-state index >= 15 is 0 Å². The van der Waals surface area contributed by atoms with E-state index in [0.29, 0.717) is 5.95 Å². The van der Waals surface area contributed by atoms with Gasteiger partial charge in [0.2, 0.25) is 0 Å². The molecule has 18 heavy (non-hydrogen) atoms. The summed E-state index contributed by atoms with van der Waals surface area (Å²) in [5.74, 6) is 1.40. The van der Waals surface area contributed by atoms with Crippen LogP contribution in [0.2, 0.25) is 0 Å². The van der Waals surface area contributed by atoms with Crippen molar-refractivity contribution in [1.29, 1.82) is 0 Å². The van der Waals surface area contributed by atoms with E-state index < -0.39 is 0 Å². The van der Waals surface area contributed by atoms with Gasteiger partial charge >= 0.3 is 0 Å². The highest BCUT2D eigenvalue weighted by Gasteiger charge is 2.14. The van der Waals surface area contributed by atoms with Crippen LogP contribution in [0.4, 0.5) is 0 Å². The van der Waals surface area contributed by atoms with Crippen molar-refractivity contribution in [1.82, 2.24) is 0 Å². The van der Waals surface area contributed by atoms with E-state index in [-0.39, 0.29) is 0 Å². The van der Waals surface area contributed by atoms with Crippen molar-refractivity contribution in [3.63, 3.8) is 0 Å². The molecule has 0 saturated carbocycles. The molecule has 0 aliphatic heterocycles. The number of ether oxygens (including phenoxy) is 1. The summed E-state index contributed by atoms with van der Waals surface area (Å²) in [6.07, 6.45) is 0. The van der Waals surface area contributed by atoms with Gasteiger partial charge in [0, 0.05) is 10.9 Å². The first-order valence-electron chi connectivity index (χ1n) is 5.64. The molecule has 0 spiro atoms. The molecule has 3 aromatic rings. The van der Waals surface area contributed by atoms with Crippen LogP contribution in [0.25, 0.3) is 22.5 Å². The average Bonchev–Trinajstić information content (AvgIpc) is 3.08. The van der Waals surface area contributed by atoms with Crippen LogP contribution in [0.5, 0.6) is 5.95 Å². The van der Waals surface area contributed by atoms with Gasteiger partial charge in [0.1, 0.15) is 5.76 Å². The third-order valence-corrected chi connectivity index (χ3v) is 3.46. The Morgan fingerprint density at radius 3 is 2.56 bits per heavy atom. The number of hydrogen-bond donors (Lipinski definition) is 0. The number of hydrogen-bond acceptors (Lipinski definition) is 3. The molecule has 0 radical (unpaired) electrons. The second-order valence-corrected chi connectivity index (χ2v) is 4.67. The Hall–Kier alpha value is -2.00. The van der Waals surface area contributed by atoms with E-state index in [2.05, 4.69) is 5.38 Å². The second-order valence-electron chi connectivity index (χ2n) is 3.89. The predicted molar refractivity (Wildman–Crippen MR) is 74.0 cm³/mol. The van der Waals surface area contributed by atoms with Crippen molar-refractivity contribution in [3.05, 3.63) is 53.2 Å². The van der Waals surface area contributed by atoms with Crippen LogP contribution in [0, 0.1) is 0 Å². The third kappa shape index (κ3) is 1.93. The van der Waals surface area contributed by atoms with Crippen LogP contribution in [-0.2, 0) is 0 Å². The zero-order valence-corrected chi connectivity index (χ0v) is 10.7. The van der Waals surface area contributed by atoms with Gasteiger partial charge in [-0.15, -0.1) is 0 Å². The van der Waals surface area contributed by atoms with E-state index in [0.717, 1.165) is 22.5 Å². The van der Waals surface area contributed by atoms with Gasteiger partial charge in [-0.3, -0.25) is 0 Å². The van der Waals surface area contributed by atoms with Gasteiger partial charge in [0.25, 0.3) is 5.95 Å². The lowest BCUT2D eigenvalue weighted by Crippen LogP contribution is -1.82. The fourth-order valence-electron chi connectivity index (χ4n) is 1.89. The Morgan fingerprint density at radius 1 is 1.06 bits per heavy atom. The SMILES string of the molecule is COc1oc(-c2ccsc2)cc1-c1ccccc1. The Kier molecular flexibility index (Phi) is 2.90. The molecule has 90 valence electrons. The summed E-state index contributed by atoms with van der Waals surface area (Å²) in [4.78, 5) is 0. The molecular formula is C15H12O2S. The highest BCUT2D eigenvalue weighted by molar-refractivity contribution is 7.08. The predicted octanol–water partition coefficient (Wildman–Crippen LogP) is 4.68. The van der Waals surface area contributed by atoms with Gasteiger partial charge in [-0.05, 0) is 23.1 Å². The molecule has 0 atom stereocenters. The minimum atomic E-state index is 0.558. The van der Waals surface area contributed by atoms with Gasteiger partial charge in [-0.1, -0.05) is 30.3 Å². The average molecular weight is 256 g/mol. The standard InChI is InChI=1S/C15H12O2S/c1-16-15-13(11-5-3-2-4-6-11)9-14(17-15)12-7-8-18-10-12/h2-10H,1H3. The Labute approximate surface area is 109 Å².